The smallest absolute Gasteiger partial charge is 0.118 e. The maximum atomic E-state index is 5.97. The third kappa shape index (κ3) is 4.58. The van der Waals surface area contributed by atoms with E-state index in [1.165, 1.54) is 32.4 Å². The van der Waals surface area contributed by atoms with Crippen molar-refractivity contribution in [2.45, 2.75) is 72.5 Å². The Labute approximate surface area is 130 Å². The van der Waals surface area contributed by atoms with Crippen molar-refractivity contribution < 1.29 is 4.42 Å². The van der Waals surface area contributed by atoms with Crippen LogP contribution in [0.2, 0.25) is 0 Å². The molecule has 0 bridgehead atoms. The second-order valence-electron chi connectivity index (χ2n) is 7.64. The summed E-state index contributed by atoms with van der Waals surface area (Å²) >= 11 is 0. The molecule has 0 radical (unpaired) electrons. The van der Waals surface area contributed by atoms with Crippen LogP contribution in [0.4, 0.5) is 0 Å². The van der Waals surface area contributed by atoms with Gasteiger partial charge in [-0.25, -0.2) is 0 Å². The minimum atomic E-state index is 0.129. The number of furan rings is 1. The zero-order valence-corrected chi connectivity index (χ0v) is 14.5. The first kappa shape index (κ1) is 16.6. The fourth-order valence-electron chi connectivity index (χ4n) is 3.16. The summed E-state index contributed by atoms with van der Waals surface area (Å²) in [7, 11) is 0. The van der Waals surface area contributed by atoms with Crippen molar-refractivity contribution in [1.29, 1.82) is 0 Å². The van der Waals surface area contributed by atoms with Crippen molar-refractivity contribution in [2.75, 3.05) is 13.1 Å². The first-order valence-electron chi connectivity index (χ1n) is 8.41. The molecule has 2 rings (SSSR count). The Bertz CT molecular complexity index is 440. The van der Waals surface area contributed by atoms with Gasteiger partial charge in [0.05, 0.1) is 13.1 Å². The molecule has 1 saturated heterocycles. The molecule has 1 aromatic heterocycles. The maximum Gasteiger partial charge on any atom is 0.118 e. The molecule has 0 aliphatic carbocycles. The molecular formula is C18H32N2O. The standard InChI is InChI=1S/C18H32N2O/c1-6-18(7-2)10-11-20(14-18)13-16-9-8-15(21-16)12-19-17(3,4)5/h8-9,19H,6-7,10-14H2,1-5H3. The molecule has 0 amide bonds. The lowest BCUT2D eigenvalue weighted by Crippen LogP contribution is -2.34. The Morgan fingerprint density at radius 1 is 1.19 bits per heavy atom. The number of hydrogen-bond donors (Lipinski definition) is 1. The van der Waals surface area contributed by atoms with Gasteiger partial charge in [-0.1, -0.05) is 13.8 Å². The van der Waals surface area contributed by atoms with Crippen LogP contribution in [0.5, 0.6) is 0 Å². The van der Waals surface area contributed by atoms with Gasteiger partial charge in [0.15, 0.2) is 0 Å². The quantitative estimate of drug-likeness (QED) is 0.852. The molecule has 3 nitrogen and oxygen atoms in total. The summed E-state index contributed by atoms with van der Waals surface area (Å²) in [5, 5.41) is 3.47. The Kier molecular flexibility index (Phi) is 5.15. The molecule has 0 unspecified atom stereocenters. The zero-order chi connectivity index (χ0) is 15.5. The van der Waals surface area contributed by atoms with E-state index in [1.54, 1.807) is 0 Å². The summed E-state index contributed by atoms with van der Waals surface area (Å²) in [6.07, 6.45) is 3.91. The second-order valence-corrected chi connectivity index (χ2v) is 7.64. The summed E-state index contributed by atoms with van der Waals surface area (Å²) in [4.78, 5) is 2.55. The molecule has 0 atom stereocenters. The molecular weight excluding hydrogens is 260 g/mol. The van der Waals surface area contributed by atoms with E-state index in [2.05, 4.69) is 57.0 Å². The van der Waals surface area contributed by atoms with E-state index >= 15 is 0 Å². The van der Waals surface area contributed by atoms with Crippen LogP contribution in [0.1, 0.15) is 65.4 Å². The van der Waals surface area contributed by atoms with Crippen LogP contribution in [0.15, 0.2) is 16.5 Å². The third-order valence-corrected chi connectivity index (χ3v) is 4.91. The highest BCUT2D eigenvalue weighted by atomic mass is 16.3. The van der Waals surface area contributed by atoms with Crippen LogP contribution in [-0.4, -0.2) is 23.5 Å². The fourth-order valence-corrected chi connectivity index (χ4v) is 3.16. The number of likely N-dealkylation sites (tertiary alicyclic amines) is 1. The average molecular weight is 292 g/mol. The van der Waals surface area contributed by atoms with Crippen molar-refractivity contribution in [3.8, 4) is 0 Å². The minimum Gasteiger partial charge on any atom is -0.463 e. The van der Waals surface area contributed by atoms with Crippen molar-refractivity contribution in [3.63, 3.8) is 0 Å². The van der Waals surface area contributed by atoms with Crippen molar-refractivity contribution >= 4 is 0 Å². The van der Waals surface area contributed by atoms with Gasteiger partial charge in [-0.15, -0.1) is 0 Å². The number of nitrogens with one attached hydrogen (secondary N) is 1. The molecule has 1 aromatic rings. The fraction of sp³-hybridized carbons (Fsp3) is 0.778. The van der Waals surface area contributed by atoms with Crippen LogP contribution in [0.25, 0.3) is 0 Å². The van der Waals surface area contributed by atoms with E-state index in [4.69, 9.17) is 4.42 Å². The molecule has 0 spiro atoms. The zero-order valence-electron chi connectivity index (χ0n) is 14.5. The largest absolute Gasteiger partial charge is 0.463 e. The number of nitrogens with zero attached hydrogens (tertiary/aromatic N) is 1. The van der Waals surface area contributed by atoms with E-state index in [0.717, 1.165) is 24.6 Å². The van der Waals surface area contributed by atoms with Gasteiger partial charge in [0.25, 0.3) is 0 Å². The Hall–Kier alpha value is -0.800. The van der Waals surface area contributed by atoms with Crippen LogP contribution < -0.4 is 5.32 Å². The number of rotatable bonds is 6. The summed E-state index contributed by atoms with van der Waals surface area (Å²) in [5.41, 5.74) is 0.674. The summed E-state index contributed by atoms with van der Waals surface area (Å²) in [6.45, 7) is 15.4. The van der Waals surface area contributed by atoms with Crippen LogP contribution in [0.3, 0.4) is 0 Å². The van der Waals surface area contributed by atoms with Gasteiger partial charge in [-0.3, -0.25) is 4.90 Å². The highest BCUT2D eigenvalue weighted by molar-refractivity contribution is 5.08. The van der Waals surface area contributed by atoms with Gasteiger partial charge >= 0.3 is 0 Å². The van der Waals surface area contributed by atoms with Gasteiger partial charge in [0.2, 0.25) is 0 Å². The Morgan fingerprint density at radius 2 is 1.86 bits per heavy atom. The molecule has 0 aromatic carbocycles. The number of hydrogen-bond acceptors (Lipinski definition) is 3. The van der Waals surface area contributed by atoms with E-state index in [1.807, 2.05) is 0 Å². The SMILES string of the molecule is CCC1(CC)CCN(Cc2ccc(CNC(C)(C)C)o2)C1. The van der Waals surface area contributed by atoms with Gasteiger partial charge < -0.3 is 9.73 Å². The molecule has 1 aliphatic rings. The lowest BCUT2D eigenvalue weighted by Gasteiger charge is -2.26. The first-order chi connectivity index (χ1) is 9.86. The Balaban J connectivity index is 1.86. The normalized spacial score (nSPS) is 19.3. The summed E-state index contributed by atoms with van der Waals surface area (Å²) in [5.74, 6) is 2.14. The molecule has 1 fully saturated rings. The van der Waals surface area contributed by atoms with Crippen molar-refractivity contribution in [2.24, 2.45) is 5.41 Å². The maximum absolute atomic E-state index is 5.97. The van der Waals surface area contributed by atoms with Gasteiger partial charge in [-0.2, -0.15) is 0 Å². The second kappa shape index (κ2) is 6.53. The molecule has 3 heteroatoms. The molecule has 2 heterocycles. The minimum absolute atomic E-state index is 0.129. The molecule has 21 heavy (non-hydrogen) atoms. The van der Waals surface area contributed by atoms with Gasteiger partial charge in [0.1, 0.15) is 11.5 Å². The molecule has 0 saturated carbocycles. The highest BCUT2D eigenvalue weighted by Crippen LogP contribution is 2.37. The van der Waals surface area contributed by atoms with Crippen LogP contribution in [-0.2, 0) is 13.1 Å². The van der Waals surface area contributed by atoms with E-state index in [-0.39, 0.29) is 5.54 Å². The monoisotopic (exact) mass is 292 g/mol. The van der Waals surface area contributed by atoms with Crippen molar-refractivity contribution in [1.82, 2.24) is 10.2 Å². The first-order valence-corrected chi connectivity index (χ1v) is 8.41. The van der Waals surface area contributed by atoms with Crippen LogP contribution >= 0.6 is 0 Å². The highest BCUT2D eigenvalue weighted by Gasteiger charge is 2.34. The molecule has 120 valence electrons. The predicted octanol–water partition coefficient (Wildman–Crippen LogP) is 4.18. The van der Waals surface area contributed by atoms with Gasteiger partial charge in [-0.05, 0) is 64.1 Å². The Morgan fingerprint density at radius 3 is 2.43 bits per heavy atom. The van der Waals surface area contributed by atoms with Crippen LogP contribution in [0, 0.1) is 5.41 Å². The summed E-state index contributed by atoms with van der Waals surface area (Å²) < 4.78 is 5.97. The predicted molar refractivity (Wildman–Crippen MR) is 88.2 cm³/mol. The average Bonchev–Trinajstić information content (AvgIpc) is 3.04. The third-order valence-electron chi connectivity index (χ3n) is 4.91. The molecule has 1 N–H and O–H groups in total. The summed E-state index contributed by atoms with van der Waals surface area (Å²) in [6, 6.07) is 4.24. The van der Waals surface area contributed by atoms with Gasteiger partial charge in [0, 0.05) is 12.1 Å². The lowest BCUT2D eigenvalue weighted by molar-refractivity contribution is 0.224. The molecule has 1 aliphatic heterocycles. The van der Waals surface area contributed by atoms with E-state index in [0.29, 0.717) is 5.41 Å². The van der Waals surface area contributed by atoms with E-state index < -0.39 is 0 Å². The topological polar surface area (TPSA) is 28.4 Å². The van der Waals surface area contributed by atoms with E-state index in [9.17, 15) is 0 Å². The lowest BCUT2D eigenvalue weighted by atomic mass is 9.82. The van der Waals surface area contributed by atoms with Crippen molar-refractivity contribution in [3.05, 3.63) is 23.7 Å².